The van der Waals surface area contributed by atoms with Crippen LogP contribution in [0.15, 0.2) is 48.5 Å². The van der Waals surface area contributed by atoms with E-state index in [-0.39, 0.29) is 31.4 Å². The Kier molecular flexibility index (Phi) is 4.88. The van der Waals surface area contributed by atoms with Crippen LogP contribution in [0.4, 0.5) is 4.39 Å². The van der Waals surface area contributed by atoms with Crippen LogP contribution in [0.2, 0.25) is 0 Å². The third kappa shape index (κ3) is 3.57. The molecule has 0 radical (unpaired) electrons. The average Bonchev–Trinajstić information content (AvgIpc) is 2.86. The highest BCUT2D eigenvalue weighted by molar-refractivity contribution is 6.21. The molecule has 0 unspecified atom stereocenters. The van der Waals surface area contributed by atoms with Crippen molar-refractivity contribution in [1.82, 2.24) is 4.90 Å². The van der Waals surface area contributed by atoms with E-state index in [1.807, 2.05) is 0 Å². The van der Waals surface area contributed by atoms with Crippen molar-refractivity contribution in [3.8, 4) is 0 Å². The molecule has 5 nitrogen and oxygen atoms in total. The molecule has 0 bridgehead atoms. The summed E-state index contributed by atoms with van der Waals surface area (Å²) in [5.41, 5.74) is 1.07. The van der Waals surface area contributed by atoms with Gasteiger partial charge in [-0.25, -0.2) is 4.39 Å². The number of hydrogen-bond acceptors (Lipinski definition) is 4. The van der Waals surface area contributed by atoms with Gasteiger partial charge in [0.15, 0.2) is 0 Å². The van der Waals surface area contributed by atoms with Gasteiger partial charge >= 0.3 is 5.97 Å². The van der Waals surface area contributed by atoms with E-state index in [1.54, 1.807) is 42.5 Å². The minimum atomic E-state index is -0.500. The molecule has 6 heteroatoms. The monoisotopic (exact) mass is 341 g/mol. The molecule has 0 atom stereocenters. The van der Waals surface area contributed by atoms with Gasteiger partial charge in [0.1, 0.15) is 12.4 Å². The molecule has 3 rings (SSSR count). The molecule has 0 fully saturated rings. The number of rotatable bonds is 6. The molecule has 0 saturated heterocycles. The van der Waals surface area contributed by atoms with E-state index in [4.69, 9.17) is 4.74 Å². The number of nitrogens with zero attached hydrogens (tertiary/aromatic N) is 1. The summed E-state index contributed by atoms with van der Waals surface area (Å²) in [6, 6.07) is 12.7. The quantitative estimate of drug-likeness (QED) is 0.599. The van der Waals surface area contributed by atoms with Gasteiger partial charge in [-0.2, -0.15) is 0 Å². The zero-order chi connectivity index (χ0) is 17.8. The van der Waals surface area contributed by atoms with Gasteiger partial charge in [0.2, 0.25) is 0 Å². The van der Waals surface area contributed by atoms with Crippen molar-refractivity contribution < 1.29 is 23.5 Å². The maximum absolute atomic E-state index is 13.4. The molecule has 0 spiro atoms. The topological polar surface area (TPSA) is 63.7 Å². The minimum absolute atomic E-state index is 0.0435. The molecular formula is C19H16FNO4. The van der Waals surface area contributed by atoms with Gasteiger partial charge in [0.25, 0.3) is 11.8 Å². The summed E-state index contributed by atoms with van der Waals surface area (Å²) >= 11 is 0. The van der Waals surface area contributed by atoms with Gasteiger partial charge < -0.3 is 4.74 Å². The lowest BCUT2D eigenvalue weighted by molar-refractivity contribution is -0.145. The lowest BCUT2D eigenvalue weighted by atomic mass is 10.1. The summed E-state index contributed by atoms with van der Waals surface area (Å²) < 4.78 is 18.5. The summed E-state index contributed by atoms with van der Waals surface area (Å²) in [6.07, 6.45) is 0.337. The maximum Gasteiger partial charge on any atom is 0.306 e. The highest BCUT2D eigenvalue weighted by Crippen LogP contribution is 2.22. The second kappa shape index (κ2) is 7.25. The van der Waals surface area contributed by atoms with Crippen molar-refractivity contribution in [2.75, 3.05) is 6.54 Å². The zero-order valence-corrected chi connectivity index (χ0v) is 13.4. The summed E-state index contributed by atoms with van der Waals surface area (Å²) in [7, 11) is 0. The van der Waals surface area contributed by atoms with Crippen molar-refractivity contribution in [2.45, 2.75) is 19.4 Å². The van der Waals surface area contributed by atoms with Crippen LogP contribution >= 0.6 is 0 Å². The largest absolute Gasteiger partial charge is 0.461 e. The first-order valence-electron chi connectivity index (χ1n) is 7.92. The molecule has 0 aromatic heterocycles. The lowest BCUT2D eigenvalue weighted by Crippen LogP contribution is -2.31. The molecule has 128 valence electrons. The predicted octanol–water partition coefficient (Wildman–Crippen LogP) is 2.95. The summed E-state index contributed by atoms with van der Waals surface area (Å²) in [6.45, 7) is -0.000329. The Balaban J connectivity index is 1.47. The Hall–Kier alpha value is -3.02. The summed E-state index contributed by atoms with van der Waals surface area (Å²) in [4.78, 5) is 37.2. The fourth-order valence-electron chi connectivity index (χ4n) is 2.67. The van der Waals surface area contributed by atoms with E-state index in [0.717, 1.165) is 4.90 Å². The molecule has 2 aromatic carbocycles. The van der Waals surface area contributed by atoms with Crippen molar-refractivity contribution in [3.05, 3.63) is 71.0 Å². The fraction of sp³-hybridized carbons (Fsp3) is 0.211. The number of hydrogen-bond donors (Lipinski definition) is 0. The first-order chi connectivity index (χ1) is 12.1. The van der Waals surface area contributed by atoms with E-state index < -0.39 is 11.8 Å². The predicted molar refractivity (Wildman–Crippen MR) is 87.2 cm³/mol. The van der Waals surface area contributed by atoms with Gasteiger partial charge in [-0.3, -0.25) is 19.3 Å². The maximum atomic E-state index is 13.4. The fourth-order valence-corrected chi connectivity index (χ4v) is 2.67. The Morgan fingerprint density at radius 3 is 2.20 bits per heavy atom. The molecule has 25 heavy (non-hydrogen) atoms. The van der Waals surface area contributed by atoms with Crippen molar-refractivity contribution in [3.63, 3.8) is 0 Å². The van der Waals surface area contributed by atoms with E-state index >= 15 is 0 Å². The minimum Gasteiger partial charge on any atom is -0.461 e. The summed E-state index contributed by atoms with van der Waals surface area (Å²) in [5.74, 6) is -1.62. The van der Waals surface area contributed by atoms with Gasteiger partial charge in [-0.05, 0) is 24.6 Å². The zero-order valence-electron chi connectivity index (χ0n) is 13.4. The number of benzene rings is 2. The number of halogens is 1. The van der Waals surface area contributed by atoms with Crippen LogP contribution < -0.4 is 0 Å². The van der Waals surface area contributed by atoms with Crippen LogP contribution in [-0.2, 0) is 16.1 Å². The van der Waals surface area contributed by atoms with Crippen LogP contribution in [0.25, 0.3) is 0 Å². The van der Waals surface area contributed by atoms with Crippen LogP contribution in [-0.4, -0.2) is 29.2 Å². The highest BCUT2D eigenvalue weighted by atomic mass is 19.1. The van der Waals surface area contributed by atoms with Gasteiger partial charge in [0, 0.05) is 18.5 Å². The third-order valence-corrected chi connectivity index (χ3v) is 3.99. The standard InChI is InChI=1S/C19H16FNO4/c20-16-9-4-1-6-13(16)12-25-17(22)10-5-11-21-18(23)14-7-2-3-8-15(14)19(21)24/h1-4,6-9H,5,10-12H2. The number of carbonyl (C=O) groups is 3. The Morgan fingerprint density at radius 2 is 1.56 bits per heavy atom. The van der Waals surface area contributed by atoms with Crippen LogP contribution in [0.3, 0.4) is 0 Å². The number of ether oxygens (including phenoxy) is 1. The molecule has 0 saturated carbocycles. The number of carbonyl (C=O) groups excluding carboxylic acids is 3. The van der Waals surface area contributed by atoms with E-state index in [2.05, 4.69) is 0 Å². The second-order valence-corrected chi connectivity index (χ2v) is 5.66. The van der Waals surface area contributed by atoms with Crippen LogP contribution in [0.5, 0.6) is 0 Å². The van der Waals surface area contributed by atoms with Gasteiger partial charge in [0.05, 0.1) is 11.1 Å². The van der Waals surface area contributed by atoms with E-state index in [0.29, 0.717) is 23.1 Å². The highest BCUT2D eigenvalue weighted by Gasteiger charge is 2.34. The normalized spacial score (nSPS) is 13.1. The van der Waals surface area contributed by atoms with Crippen molar-refractivity contribution in [2.24, 2.45) is 0 Å². The number of imide groups is 1. The molecule has 0 aliphatic carbocycles. The van der Waals surface area contributed by atoms with Gasteiger partial charge in [-0.1, -0.05) is 30.3 Å². The van der Waals surface area contributed by atoms with E-state index in [9.17, 15) is 18.8 Å². The Bertz CT molecular complexity index is 799. The summed E-state index contributed by atoms with van der Waals surface area (Å²) in [5, 5.41) is 0. The Morgan fingerprint density at radius 1 is 0.960 bits per heavy atom. The average molecular weight is 341 g/mol. The molecular weight excluding hydrogens is 325 g/mol. The second-order valence-electron chi connectivity index (χ2n) is 5.66. The number of fused-ring (bicyclic) bond motifs is 1. The number of amides is 2. The Labute approximate surface area is 144 Å². The molecule has 1 aliphatic heterocycles. The van der Waals surface area contributed by atoms with Gasteiger partial charge in [-0.15, -0.1) is 0 Å². The molecule has 2 amide bonds. The molecule has 1 aliphatic rings. The third-order valence-electron chi connectivity index (χ3n) is 3.99. The van der Waals surface area contributed by atoms with Crippen LogP contribution in [0.1, 0.15) is 39.1 Å². The number of esters is 1. The van der Waals surface area contributed by atoms with E-state index in [1.165, 1.54) is 6.07 Å². The first-order valence-corrected chi connectivity index (χ1v) is 7.92. The van der Waals surface area contributed by atoms with Crippen LogP contribution in [0, 0.1) is 5.82 Å². The lowest BCUT2D eigenvalue weighted by Gasteiger charge is -2.13. The van der Waals surface area contributed by atoms with Crippen molar-refractivity contribution >= 4 is 17.8 Å². The molecule has 2 aromatic rings. The first kappa shape index (κ1) is 16.8. The molecule has 0 N–H and O–H groups in total. The smallest absolute Gasteiger partial charge is 0.306 e. The van der Waals surface area contributed by atoms with Crippen molar-refractivity contribution in [1.29, 1.82) is 0 Å². The SMILES string of the molecule is O=C(CCCN1C(=O)c2ccccc2C1=O)OCc1ccccc1F. The molecule has 1 heterocycles.